The monoisotopic (exact) mass is 464 g/mol. The fourth-order valence-electron chi connectivity index (χ4n) is 3.86. The van der Waals surface area contributed by atoms with E-state index in [9.17, 15) is 10.2 Å². The molecule has 1 atom stereocenters. The van der Waals surface area contributed by atoms with Gasteiger partial charge in [0.1, 0.15) is 11.5 Å². The number of aliphatic hydroxyl groups is 1. The molecule has 0 saturated carbocycles. The fourth-order valence-corrected chi connectivity index (χ4v) is 4.00. The lowest BCUT2D eigenvalue weighted by Crippen LogP contribution is -2.22. The van der Waals surface area contributed by atoms with Crippen LogP contribution in [0.2, 0.25) is 0 Å². The summed E-state index contributed by atoms with van der Waals surface area (Å²) in [5, 5.41) is 20.1. The maximum absolute atomic E-state index is 10.3. The predicted octanol–water partition coefficient (Wildman–Crippen LogP) is 7.50. The molecular formula is C29H33ClO3. The molecule has 1 unspecified atom stereocenters. The zero-order valence-electron chi connectivity index (χ0n) is 19.6. The number of aromatic hydroxyl groups is 1. The highest BCUT2D eigenvalue weighted by atomic mass is 35.5. The zero-order chi connectivity index (χ0) is 23.8. The lowest BCUT2D eigenvalue weighted by molar-refractivity contribution is -0.0440. The van der Waals surface area contributed by atoms with Gasteiger partial charge in [-0.25, -0.2) is 0 Å². The van der Waals surface area contributed by atoms with Gasteiger partial charge in [-0.05, 0) is 70.4 Å². The SMILES string of the molecule is CC(C)(C)CC(O)Oc1ccc(/C(=C(/CCCCl)c2ccccc2)c2ccc(O)cc2)cc1. The van der Waals surface area contributed by atoms with E-state index >= 15 is 0 Å². The van der Waals surface area contributed by atoms with Gasteiger partial charge in [0, 0.05) is 12.3 Å². The van der Waals surface area contributed by atoms with Crippen molar-refractivity contribution < 1.29 is 14.9 Å². The smallest absolute Gasteiger partial charge is 0.197 e. The van der Waals surface area contributed by atoms with Crippen LogP contribution in [0.15, 0.2) is 78.9 Å². The van der Waals surface area contributed by atoms with E-state index in [0.717, 1.165) is 35.1 Å². The maximum Gasteiger partial charge on any atom is 0.197 e. The molecule has 4 heteroatoms. The highest BCUT2D eigenvalue weighted by molar-refractivity contribution is 6.17. The molecule has 0 aliphatic rings. The average Bonchev–Trinajstić information content (AvgIpc) is 2.78. The highest BCUT2D eigenvalue weighted by Gasteiger charge is 2.19. The van der Waals surface area contributed by atoms with Gasteiger partial charge in [0.25, 0.3) is 0 Å². The maximum atomic E-state index is 10.3. The van der Waals surface area contributed by atoms with Crippen molar-refractivity contribution in [1.82, 2.24) is 0 Å². The summed E-state index contributed by atoms with van der Waals surface area (Å²) in [5.41, 5.74) is 5.46. The first kappa shape index (κ1) is 24.9. The van der Waals surface area contributed by atoms with Crippen LogP contribution in [0.3, 0.4) is 0 Å². The molecule has 3 nitrogen and oxygen atoms in total. The Balaban J connectivity index is 2.04. The molecular weight excluding hydrogens is 432 g/mol. The van der Waals surface area contributed by atoms with Crippen LogP contribution in [0.4, 0.5) is 0 Å². The van der Waals surface area contributed by atoms with Crippen molar-refractivity contribution in [3.8, 4) is 11.5 Å². The Labute approximate surface area is 202 Å². The van der Waals surface area contributed by atoms with Crippen LogP contribution in [0.25, 0.3) is 11.1 Å². The van der Waals surface area contributed by atoms with Crippen LogP contribution >= 0.6 is 11.6 Å². The Morgan fingerprint density at radius 3 is 1.97 bits per heavy atom. The molecule has 33 heavy (non-hydrogen) atoms. The summed E-state index contributed by atoms with van der Waals surface area (Å²) in [6, 6.07) is 25.4. The number of hydrogen-bond donors (Lipinski definition) is 2. The number of rotatable bonds is 9. The lowest BCUT2D eigenvalue weighted by Gasteiger charge is -2.23. The molecule has 0 bridgehead atoms. The van der Waals surface area contributed by atoms with Crippen LogP contribution in [-0.4, -0.2) is 22.4 Å². The first-order chi connectivity index (χ1) is 15.8. The summed E-state index contributed by atoms with van der Waals surface area (Å²) in [6.45, 7) is 6.22. The standard InChI is InChI=1S/C29H33ClO3/c1-29(2,3)20-27(32)33-25-17-13-23(14-18-25)28(22-11-15-24(31)16-12-22)26(10-7-19-30)21-8-5-4-6-9-21/h4-6,8-9,11-18,27,31-32H,7,10,19-20H2,1-3H3/b28-26-. The Bertz CT molecular complexity index is 1030. The molecule has 174 valence electrons. The van der Waals surface area contributed by atoms with Crippen molar-refractivity contribution in [2.24, 2.45) is 5.41 Å². The third kappa shape index (κ3) is 7.38. The third-order valence-corrected chi connectivity index (χ3v) is 5.61. The first-order valence-corrected chi connectivity index (χ1v) is 11.9. The van der Waals surface area contributed by atoms with Gasteiger partial charge in [-0.15, -0.1) is 11.6 Å². The van der Waals surface area contributed by atoms with E-state index in [0.29, 0.717) is 18.1 Å². The van der Waals surface area contributed by atoms with Crippen molar-refractivity contribution in [3.63, 3.8) is 0 Å². The fraction of sp³-hybridized carbons (Fsp3) is 0.310. The molecule has 0 saturated heterocycles. The minimum atomic E-state index is -0.855. The normalized spacial score (nSPS) is 13.4. The lowest BCUT2D eigenvalue weighted by atomic mass is 9.87. The van der Waals surface area contributed by atoms with Gasteiger partial charge in [0.2, 0.25) is 0 Å². The van der Waals surface area contributed by atoms with E-state index < -0.39 is 6.29 Å². The minimum absolute atomic E-state index is 0.0266. The summed E-state index contributed by atoms with van der Waals surface area (Å²) >= 11 is 6.07. The van der Waals surface area contributed by atoms with Crippen molar-refractivity contribution in [3.05, 3.63) is 95.6 Å². The molecule has 0 fully saturated rings. The number of halogens is 1. The van der Waals surface area contributed by atoms with E-state index in [4.69, 9.17) is 16.3 Å². The van der Waals surface area contributed by atoms with Gasteiger partial charge in [0.15, 0.2) is 6.29 Å². The molecule has 0 radical (unpaired) electrons. The van der Waals surface area contributed by atoms with Gasteiger partial charge in [-0.1, -0.05) is 75.4 Å². The molecule has 0 heterocycles. The zero-order valence-corrected chi connectivity index (χ0v) is 20.3. The van der Waals surface area contributed by atoms with Crippen LogP contribution in [0.5, 0.6) is 11.5 Å². The Kier molecular flexibility index (Phi) is 8.60. The molecule has 2 N–H and O–H groups in total. The Morgan fingerprint density at radius 1 is 0.848 bits per heavy atom. The van der Waals surface area contributed by atoms with Crippen LogP contribution < -0.4 is 4.74 Å². The summed E-state index contributed by atoms with van der Waals surface area (Å²) in [7, 11) is 0. The van der Waals surface area contributed by atoms with Crippen molar-refractivity contribution in [2.75, 3.05) is 5.88 Å². The number of hydrogen-bond acceptors (Lipinski definition) is 3. The summed E-state index contributed by atoms with van der Waals surface area (Å²) in [5.74, 6) is 1.44. The molecule has 3 rings (SSSR count). The van der Waals surface area contributed by atoms with Crippen LogP contribution in [-0.2, 0) is 0 Å². The summed E-state index contributed by atoms with van der Waals surface area (Å²) in [6.07, 6.45) is 1.37. The molecule has 3 aromatic rings. The van der Waals surface area contributed by atoms with E-state index in [-0.39, 0.29) is 11.2 Å². The molecule has 0 aromatic heterocycles. The number of aliphatic hydroxyl groups excluding tert-OH is 1. The number of allylic oxidation sites excluding steroid dienone is 1. The number of phenols is 1. The molecule has 0 amide bonds. The Hall–Kier alpha value is -2.75. The van der Waals surface area contributed by atoms with Gasteiger partial charge < -0.3 is 14.9 Å². The van der Waals surface area contributed by atoms with E-state index in [2.05, 4.69) is 32.9 Å². The number of phenolic OH excluding ortho intramolecular Hbond substituents is 1. The minimum Gasteiger partial charge on any atom is -0.508 e. The van der Waals surface area contributed by atoms with Gasteiger partial charge in [0.05, 0.1) is 0 Å². The van der Waals surface area contributed by atoms with Crippen molar-refractivity contribution in [2.45, 2.75) is 46.3 Å². The molecule has 0 aliphatic heterocycles. The van der Waals surface area contributed by atoms with Crippen LogP contribution in [0, 0.1) is 5.41 Å². The highest BCUT2D eigenvalue weighted by Crippen LogP contribution is 2.36. The molecule has 3 aromatic carbocycles. The topological polar surface area (TPSA) is 49.7 Å². The molecule has 0 aliphatic carbocycles. The van der Waals surface area contributed by atoms with Crippen molar-refractivity contribution in [1.29, 1.82) is 0 Å². The quantitative estimate of drug-likeness (QED) is 0.196. The predicted molar refractivity (Wildman–Crippen MR) is 138 cm³/mol. The Morgan fingerprint density at radius 2 is 1.42 bits per heavy atom. The second-order valence-corrected chi connectivity index (χ2v) is 9.80. The van der Waals surface area contributed by atoms with Crippen LogP contribution in [0.1, 0.15) is 56.7 Å². The van der Waals surface area contributed by atoms with E-state index in [1.165, 1.54) is 5.57 Å². The van der Waals surface area contributed by atoms with Gasteiger partial charge in [-0.3, -0.25) is 0 Å². The van der Waals surface area contributed by atoms with Crippen molar-refractivity contribution >= 4 is 22.7 Å². The second kappa shape index (κ2) is 11.4. The number of alkyl halides is 1. The first-order valence-electron chi connectivity index (χ1n) is 11.4. The number of ether oxygens (including phenoxy) is 1. The number of benzene rings is 3. The van der Waals surface area contributed by atoms with Gasteiger partial charge in [-0.2, -0.15) is 0 Å². The second-order valence-electron chi connectivity index (χ2n) is 9.42. The van der Waals surface area contributed by atoms with E-state index in [1.54, 1.807) is 12.1 Å². The summed E-state index contributed by atoms with van der Waals surface area (Å²) < 4.78 is 5.75. The average molecular weight is 465 g/mol. The molecule has 0 spiro atoms. The largest absolute Gasteiger partial charge is 0.508 e. The third-order valence-electron chi connectivity index (χ3n) is 5.34. The van der Waals surface area contributed by atoms with E-state index in [1.807, 2.05) is 54.6 Å². The van der Waals surface area contributed by atoms with Gasteiger partial charge >= 0.3 is 0 Å². The summed E-state index contributed by atoms with van der Waals surface area (Å²) in [4.78, 5) is 0.